The zero-order chi connectivity index (χ0) is 14.3. The van der Waals surface area contributed by atoms with E-state index in [1.54, 1.807) is 0 Å². The van der Waals surface area contributed by atoms with Crippen molar-refractivity contribution in [3.05, 3.63) is 35.9 Å². The van der Waals surface area contributed by atoms with Gasteiger partial charge in [0, 0.05) is 6.42 Å². The third-order valence-corrected chi connectivity index (χ3v) is 3.46. The molecule has 1 aromatic carbocycles. The number of benzene rings is 1. The highest BCUT2D eigenvalue weighted by Gasteiger charge is 2.24. The van der Waals surface area contributed by atoms with Crippen LogP contribution in [0.3, 0.4) is 0 Å². The molecule has 0 N–H and O–H groups in total. The number of rotatable bonds is 10. The fourth-order valence-corrected chi connectivity index (χ4v) is 1.99. The molecule has 2 aliphatic heterocycles. The highest BCUT2D eigenvalue weighted by atomic mass is 16.7. The summed E-state index contributed by atoms with van der Waals surface area (Å²) in [6.45, 7) is 3.79. The molecule has 2 fully saturated rings. The van der Waals surface area contributed by atoms with Gasteiger partial charge in [0.15, 0.2) is 6.29 Å². The van der Waals surface area contributed by atoms with Crippen molar-refractivity contribution in [2.24, 2.45) is 0 Å². The Hall–Kier alpha value is -0.980. The summed E-state index contributed by atoms with van der Waals surface area (Å²) < 4.78 is 27.6. The summed E-state index contributed by atoms with van der Waals surface area (Å²) in [6.07, 6.45) is 1.07. The van der Waals surface area contributed by atoms with Crippen molar-refractivity contribution in [2.45, 2.75) is 31.5 Å². The van der Waals surface area contributed by atoms with E-state index in [2.05, 4.69) is 0 Å². The Balaban J connectivity index is 1.39. The highest BCUT2D eigenvalue weighted by molar-refractivity contribution is 5.13. The van der Waals surface area contributed by atoms with E-state index in [0.29, 0.717) is 26.4 Å². The lowest BCUT2D eigenvalue weighted by molar-refractivity contribution is -0.229. The van der Waals surface area contributed by atoms with Gasteiger partial charge >= 0.3 is 0 Å². The third-order valence-electron chi connectivity index (χ3n) is 3.46. The average Bonchev–Trinajstić information content (AvgIpc) is 3.28. The van der Waals surface area contributed by atoms with Crippen LogP contribution in [0.5, 0.6) is 0 Å². The van der Waals surface area contributed by atoms with Crippen molar-refractivity contribution in [3.63, 3.8) is 0 Å². The fourth-order valence-electron chi connectivity index (χ4n) is 1.99. The van der Waals surface area contributed by atoms with Crippen molar-refractivity contribution in [3.8, 4) is 0 Å². The normalized spacial score (nSPS) is 25.3. The first-order valence-electron chi connectivity index (χ1n) is 7.48. The molecule has 21 heavy (non-hydrogen) atoms. The smallest absolute Gasteiger partial charge is 0.159 e. The van der Waals surface area contributed by atoms with Gasteiger partial charge in [0.1, 0.15) is 12.2 Å². The Morgan fingerprint density at radius 3 is 2.62 bits per heavy atom. The summed E-state index contributed by atoms with van der Waals surface area (Å²) in [5, 5.41) is 0. The SMILES string of the molecule is c1ccc(COC(COCC2CO2)COC2CCO2)cc1. The second kappa shape index (κ2) is 7.87. The van der Waals surface area contributed by atoms with Gasteiger partial charge < -0.3 is 23.7 Å². The van der Waals surface area contributed by atoms with Crippen LogP contribution in [0.1, 0.15) is 12.0 Å². The molecule has 0 aromatic heterocycles. The van der Waals surface area contributed by atoms with E-state index < -0.39 is 0 Å². The highest BCUT2D eigenvalue weighted by Crippen LogP contribution is 2.14. The van der Waals surface area contributed by atoms with Gasteiger partial charge in [0.25, 0.3) is 0 Å². The Kier molecular flexibility index (Phi) is 5.60. The van der Waals surface area contributed by atoms with Crippen LogP contribution < -0.4 is 0 Å². The van der Waals surface area contributed by atoms with Gasteiger partial charge in [-0.05, 0) is 5.56 Å². The van der Waals surface area contributed by atoms with E-state index in [1.807, 2.05) is 30.3 Å². The van der Waals surface area contributed by atoms with Crippen LogP contribution in [-0.4, -0.2) is 51.5 Å². The molecule has 2 heterocycles. The molecule has 0 amide bonds. The summed E-state index contributed by atoms with van der Waals surface area (Å²) in [5.41, 5.74) is 1.15. The molecule has 0 saturated carbocycles. The zero-order valence-electron chi connectivity index (χ0n) is 12.1. The largest absolute Gasteiger partial charge is 0.376 e. The molecule has 0 aliphatic carbocycles. The van der Waals surface area contributed by atoms with Gasteiger partial charge in [-0.1, -0.05) is 30.3 Å². The quantitative estimate of drug-likeness (QED) is 0.615. The minimum atomic E-state index is -0.0897. The molecule has 2 aliphatic rings. The van der Waals surface area contributed by atoms with Gasteiger partial charge in [-0.2, -0.15) is 0 Å². The Bertz CT molecular complexity index is 402. The van der Waals surface area contributed by atoms with E-state index in [-0.39, 0.29) is 18.5 Å². The lowest BCUT2D eigenvalue weighted by Gasteiger charge is -2.28. The molecule has 0 spiro atoms. The van der Waals surface area contributed by atoms with Crippen LogP contribution in [0.25, 0.3) is 0 Å². The molecule has 1 aromatic rings. The van der Waals surface area contributed by atoms with Gasteiger partial charge in [-0.15, -0.1) is 0 Å². The second-order valence-corrected chi connectivity index (χ2v) is 5.33. The van der Waals surface area contributed by atoms with Crippen LogP contribution in [0.2, 0.25) is 0 Å². The maximum absolute atomic E-state index is 5.90. The Labute approximate surface area is 125 Å². The zero-order valence-corrected chi connectivity index (χ0v) is 12.1. The monoisotopic (exact) mass is 294 g/mol. The van der Waals surface area contributed by atoms with Crippen LogP contribution in [0, 0.1) is 0 Å². The van der Waals surface area contributed by atoms with Gasteiger partial charge in [0.05, 0.1) is 39.6 Å². The van der Waals surface area contributed by atoms with Gasteiger partial charge in [-0.25, -0.2) is 0 Å². The molecule has 0 bridgehead atoms. The maximum Gasteiger partial charge on any atom is 0.159 e. The first-order valence-corrected chi connectivity index (χ1v) is 7.48. The molecule has 3 unspecified atom stereocenters. The van der Waals surface area contributed by atoms with E-state index in [4.69, 9.17) is 23.7 Å². The number of hydrogen-bond donors (Lipinski definition) is 0. The first-order chi connectivity index (χ1) is 10.4. The van der Waals surface area contributed by atoms with Crippen molar-refractivity contribution in [1.82, 2.24) is 0 Å². The molecule has 3 rings (SSSR count). The molecular formula is C16H22O5. The summed E-state index contributed by atoms with van der Waals surface area (Å²) >= 11 is 0. The van der Waals surface area contributed by atoms with E-state index in [1.165, 1.54) is 0 Å². The summed E-state index contributed by atoms with van der Waals surface area (Å²) in [6, 6.07) is 10.1. The standard InChI is InChI=1S/C16H22O5/c1-2-4-13(5-3-1)8-19-15(10-17-9-14-11-20-14)12-21-16-6-7-18-16/h1-5,14-16H,6-12H2. The lowest BCUT2D eigenvalue weighted by Crippen LogP contribution is -2.35. The van der Waals surface area contributed by atoms with Crippen molar-refractivity contribution < 1.29 is 23.7 Å². The molecule has 5 heteroatoms. The number of ether oxygens (including phenoxy) is 5. The molecule has 0 radical (unpaired) electrons. The van der Waals surface area contributed by atoms with Crippen LogP contribution in [-0.2, 0) is 30.3 Å². The topological polar surface area (TPSA) is 49.5 Å². The van der Waals surface area contributed by atoms with Gasteiger partial charge in [-0.3, -0.25) is 0 Å². The Morgan fingerprint density at radius 2 is 1.95 bits per heavy atom. The van der Waals surface area contributed by atoms with E-state index >= 15 is 0 Å². The Morgan fingerprint density at radius 1 is 1.14 bits per heavy atom. The summed E-state index contributed by atoms with van der Waals surface area (Å²) in [7, 11) is 0. The molecule has 5 nitrogen and oxygen atoms in total. The number of hydrogen-bond acceptors (Lipinski definition) is 5. The van der Waals surface area contributed by atoms with E-state index in [9.17, 15) is 0 Å². The van der Waals surface area contributed by atoms with Crippen molar-refractivity contribution in [1.29, 1.82) is 0 Å². The van der Waals surface area contributed by atoms with Crippen LogP contribution >= 0.6 is 0 Å². The summed E-state index contributed by atoms with van der Waals surface area (Å²) in [4.78, 5) is 0. The third kappa shape index (κ3) is 5.37. The molecule has 2 saturated heterocycles. The van der Waals surface area contributed by atoms with Crippen molar-refractivity contribution in [2.75, 3.05) is 33.0 Å². The lowest BCUT2D eigenvalue weighted by atomic mass is 10.2. The van der Waals surface area contributed by atoms with Crippen LogP contribution in [0.4, 0.5) is 0 Å². The average molecular weight is 294 g/mol. The molecular weight excluding hydrogens is 272 g/mol. The second-order valence-electron chi connectivity index (χ2n) is 5.33. The summed E-state index contributed by atoms with van der Waals surface area (Å²) in [5.74, 6) is 0. The van der Waals surface area contributed by atoms with Crippen LogP contribution in [0.15, 0.2) is 30.3 Å². The minimum Gasteiger partial charge on any atom is -0.376 e. The van der Waals surface area contributed by atoms with E-state index in [0.717, 1.165) is 25.2 Å². The number of epoxide rings is 1. The predicted molar refractivity (Wildman–Crippen MR) is 75.9 cm³/mol. The molecule has 116 valence electrons. The fraction of sp³-hybridized carbons (Fsp3) is 0.625. The minimum absolute atomic E-state index is 0.0698. The van der Waals surface area contributed by atoms with Gasteiger partial charge in [0.2, 0.25) is 0 Å². The first kappa shape index (κ1) is 14.9. The van der Waals surface area contributed by atoms with Crippen molar-refractivity contribution >= 4 is 0 Å². The predicted octanol–water partition coefficient (Wildman–Crippen LogP) is 1.75. The maximum atomic E-state index is 5.90. The molecule has 3 atom stereocenters.